The summed E-state index contributed by atoms with van der Waals surface area (Å²) in [4.78, 5) is 17.6. The summed E-state index contributed by atoms with van der Waals surface area (Å²) in [7, 11) is -3.72. The number of morpholine rings is 1. The van der Waals surface area contributed by atoms with E-state index in [1.54, 1.807) is 12.3 Å². The SMILES string of the molecule is NC(=O)c1ccc(S(=O)(=O)NCc2cccnc2N2CCOCC2)cc1. The highest BCUT2D eigenvalue weighted by Gasteiger charge is 2.19. The topological polar surface area (TPSA) is 115 Å². The van der Waals surface area contributed by atoms with Crippen LogP contribution in [0.2, 0.25) is 0 Å². The second-order valence-corrected chi connectivity index (χ2v) is 7.57. The van der Waals surface area contributed by atoms with Gasteiger partial charge in [0.1, 0.15) is 5.82 Å². The van der Waals surface area contributed by atoms with Crippen LogP contribution in [0, 0.1) is 0 Å². The van der Waals surface area contributed by atoms with Crippen molar-refractivity contribution >= 4 is 21.7 Å². The number of amides is 1. The molecule has 0 aliphatic carbocycles. The molecule has 0 unspecified atom stereocenters. The monoisotopic (exact) mass is 376 g/mol. The molecule has 2 aromatic rings. The number of anilines is 1. The van der Waals surface area contributed by atoms with E-state index in [4.69, 9.17) is 10.5 Å². The molecule has 2 heterocycles. The van der Waals surface area contributed by atoms with Gasteiger partial charge >= 0.3 is 0 Å². The highest BCUT2D eigenvalue weighted by molar-refractivity contribution is 7.89. The number of pyridine rings is 1. The van der Waals surface area contributed by atoms with E-state index in [0.717, 1.165) is 11.4 Å². The van der Waals surface area contributed by atoms with Gasteiger partial charge in [-0.3, -0.25) is 4.79 Å². The summed E-state index contributed by atoms with van der Waals surface area (Å²) >= 11 is 0. The lowest BCUT2D eigenvalue weighted by Crippen LogP contribution is -2.37. The second-order valence-electron chi connectivity index (χ2n) is 5.80. The Bertz CT molecular complexity index is 878. The van der Waals surface area contributed by atoms with Gasteiger partial charge < -0.3 is 15.4 Å². The number of carbonyl (C=O) groups is 1. The van der Waals surface area contributed by atoms with Gasteiger partial charge in [-0.15, -0.1) is 0 Å². The van der Waals surface area contributed by atoms with E-state index in [0.29, 0.717) is 26.3 Å². The Hall–Kier alpha value is -2.49. The van der Waals surface area contributed by atoms with Gasteiger partial charge in [-0.1, -0.05) is 6.07 Å². The summed E-state index contributed by atoms with van der Waals surface area (Å²) in [5.41, 5.74) is 6.21. The van der Waals surface area contributed by atoms with E-state index in [1.165, 1.54) is 24.3 Å². The van der Waals surface area contributed by atoms with Gasteiger partial charge in [-0.2, -0.15) is 0 Å². The van der Waals surface area contributed by atoms with Gasteiger partial charge in [0.25, 0.3) is 0 Å². The standard InChI is InChI=1S/C17H20N4O4S/c18-16(22)13-3-5-15(6-4-13)26(23,24)20-12-14-2-1-7-19-17(14)21-8-10-25-11-9-21/h1-7,20H,8-12H2,(H2,18,22). The number of hydrogen-bond donors (Lipinski definition) is 2. The first-order chi connectivity index (χ1) is 12.5. The Kier molecular flexibility index (Phi) is 5.50. The van der Waals surface area contributed by atoms with E-state index in [1.807, 2.05) is 6.07 Å². The van der Waals surface area contributed by atoms with E-state index in [2.05, 4.69) is 14.6 Å². The number of hydrogen-bond acceptors (Lipinski definition) is 6. The number of nitrogens with two attached hydrogens (primary N) is 1. The predicted octanol–water partition coefficient (Wildman–Crippen LogP) is 0.496. The fraction of sp³-hybridized carbons (Fsp3) is 0.294. The van der Waals surface area contributed by atoms with Crippen LogP contribution >= 0.6 is 0 Å². The van der Waals surface area contributed by atoms with Crippen molar-refractivity contribution in [3.63, 3.8) is 0 Å². The van der Waals surface area contributed by atoms with Crippen LogP contribution < -0.4 is 15.4 Å². The molecule has 138 valence electrons. The largest absolute Gasteiger partial charge is 0.378 e. The lowest BCUT2D eigenvalue weighted by molar-refractivity contribution is 0.1000. The van der Waals surface area contributed by atoms with Crippen molar-refractivity contribution in [2.75, 3.05) is 31.2 Å². The summed E-state index contributed by atoms with van der Waals surface area (Å²) < 4.78 is 32.9. The average Bonchev–Trinajstić information content (AvgIpc) is 2.67. The Morgan fingerprint density at radius 1 is 1.19 bits per heavy atom. The minimum Gasteiger partial charge on any atom is -0.378 e. The molecule has 1 saturated heterocycles. The van der Waals surface area contributed by atoms with Crippen molar-refractivity contribution in [2.24, 2.45) is 5.73 Å². The number of nitrogens with zero attached hydrogens (tertiary/aromatic N) is 2. The van der Waals surface area contributed by atoms with Gasteiger partial charge in [0.05, 0.1) is 18.1 Å². The van der Waals surface area contributed by atoms with Crippen LogP contribution in [0.15, 0.2) is 47.5 Å². The van der Waals surface area contributed by atoms with Gasteiger partial charge in [0.15, 0.2) is 0 Å². The molecule has 0 spiro atoms. The summed E-state index contributed by atoms with van der Waals surface area (Å²) in [5, 5.41) is 0. The van der Waals surface area contributed by atoms with Crippen LogP contribution in [-0.2, 0) is 21.3 Å². The zero-order valence-electron chi connectivity index (χ0n) is 14.1. The minimum absolute atomic E-state index is 0.0688. The van der Waals surface area contributed by atoms with Crippen LogP contribution in [-0.4, -0.2) is 45.6 Å². The van der Waals surface area contributed by atoms with E-state index >= 15 is 0 Å². The maximum atomic E-state index is 12.5. The van der Waals surface area contributed by atoms with E-state index in [-0.39, 0.29) is 17.0 Å². The predicted molar refractivity (Wildman–Crippen MR) is 96.3 cm³/mol. The molecule has 1 aromatic carbocycles. The fourth-order valence-corrected chi connectivity index (χ4v) is 3.69. The Morgan fingerprint density at radius 3 is 2.54 bits per heavy atom. The molecule has 3 N–H and O–H groups in total. The molecule has 8 nitrogen and oxygen atoms in total. The van der Waals surface area contributed by atoms with Crippen molar-refractivity contribution < 1.29 is 17.9 Å². The van der Waals surface area contributed by atoms with Crippen LogP contribution in [0.25, 0.3) is 0 Å². The number of ether oxygens (including phenoxy) is 1. The zero-order chi connectivity index (χ0) is 18.6. The highest BCUT2D eigenvalue weighted by atomic mass is 32.2. The molecular formula is C17H20N4O4S. The van der Waals surface area contributed by atoms with Crippen molar-refractivity contribution in [3.8, 4) is 0 Å². The smallest absolute Gasteiger partial charge is 0.248 e. The maximum absolute atomic E-state index is 12.5. The maximum Gasteiger partial charge on any atom is 0.248 e. The molecule has 26 heavy (non-hydrogen) atoms. The first-order valence-electron chi connectivity index (χ1n) is 8.13. The number of aromatic nitrogens is 1. The van der Waals surface area contributed by atoms with Crippen LogP contribution in [0.3, 0.4) is 0 Å². The van der Waals surface area contributed by atoms with Crippen molar-refractivity contribution in [3.05, 3.63) is 53.7 Å². The molecule has 3 rings (SSSR count). The summed E-state index contributed by atoms with van der Waals surface area (Å²) in [6.45, 7) is 2.78. The Labute approximate surface area is 152 Å². The fourth-order valence-electron chi connectivity index (χ4n) is 2.68. The molecule has 0 radical (unpaired) electrons. The lowest BCUT2D eigenvalue weighted by atomic mass is 10.2. The Balaban J connectivity index is 1.74. The minimum atomic E-state index is -3.72. The van der Waals surface area contributed by atoms with E-state index < -0.39 is 15.9 Å². The molecule has 1 fully saturated rings. The third-order valence-electron chi connectivity index (χ3n) is 4.08. The average molecular weight is 376 g/mol. The third kappa shape index (κ3) is 4.18. The molecule has 1 amide bonds. The molecular weight excluding hydrogens is 356 g/mol. The van der Waals surface area contributed by atoms with Gasteiger partial charge in [0, 0.05) is 37.0 Å². The highest BCUT2D eigenvalue weighted by Crippen LogP contribution is 2.19. The third-order valence-corrected chi connectivity index (χ3v) is 5.50. The van der Waals surface area contributed by atoms with Crippen molar-refractivity contribution in [1.29, 1.82) is 0 Å². The lowest BCUT2D eigenvalue weighted by Gasteiger charge is -2.29. The zero-order valence-corrected chi connectivity index (χ0v) is 14.9. The molecule has 1 aliphatic heterocycles. The van der Waals surface area contributed by atoms with Gasteiger partial charge in [-0.05, 0) is 30.3 Å². The number of primary amides is 1. The molecule has 0 saturated carbocycles. The summed E-state index contributed by atoms with van der Waals surface area (Å²) in [6.07, 6.45) is 1.69. The number of carbonyl (C=O) groups excluding carboxylic acids is 1. The van der Waals surface area contributed by atoms with Crippen LogP contribution in [0.4, 0.5) is 5.82 Å². The molecule has 1 aromatic heterocycles. The first kappa shape index (κ1) is 18.3. The van der Waals surface area contributed by atoms with E-state index in [9.17, 15) is 13.2 Å². The summed E-state index contributed by atoms with van der Waals surface area (Å²) in [6, 6.07) is 9.11. The van der Waals surface area contributed by atoms with Gasteiger partial charge in [-0.25, -0.2) is 18.1 Å². The van der Waals surface area contributed by atoms with Crippen molar-refractivity contribution in [2.45, 2.75) is 11.4 Å². The normalized spacial score (nSPS) is 15.0. The number of benzene rings is 1. The quantitative estimate of drug-likeness (QED) is 0.759. The van der Waals surface area contributed by atoms with Crippen LogP contribution in [0.5, 0.6) is 0 Å². The summed E-state index contributed by atoms with van der Waals surface area (Å²) in [5.74, 6) is 0.148. The van der Waals surface area contributed by atoms with Crippen molar-refractivity contribution in [1.82, 2.24) is 9.71 Å². The Morgan fingerprint density at radius 2 is 1.88 bits per heavy atom. The number of rotatable bonds is 6. The van der Waals surface area contributed by atoms with Gasteiger partial charge in [0.2, 0.25) is 15.9 Å². The molecule has 0 bridgehead atoms. The molecule has 1 aliphatic rings. The number of sulfonamides is 1. The molecule has 0 atom stereocenters. The number of nitrogens with one attached hydrogen (secondary N) is 1. The first-order valence-corrected chi connectivity index (χ1v) is 9.62. The molecule has 9 heteroatoms. The van der Waals surface area contributed by atoms with Crippen LogP contribution in [0.1, 0.15) is 15.9 Å². The second kappa shape index (κ2) is 7.81.